The average Bonchev–Trinajstić information content (AvgIpc) is 2.18. The number of nitrogens with one attached hydrogen (secondary N) is 1. The van der Waals surface area contributed by atoms with Crippen LogP contribution in [0.1, 0.15) is 19.4 Å². The van der Waals surface area contributed by atoms with Gasteiger partial charge in [0.25, 0.3) is 0 Å². The molecule has 0 amide bonds. The first kappa shape index (κ1) is 11.9. The zero-order valence-electron chi connectivity index (χ0n) is 9.33. The van der Waals surface area contributed by atoms with Crippen LogP contribution in [0.2, 0.25) is 0 Å². The van der Waals surface area contributed by atoms with Crippen molar-refractivity contribution in [3.05, 3.63) is 23.9 Å². The van der Waals surface area contributed by atoms with Gasteiger partial charge in [-0.15, -0.1) is 0 Å². The fraction of sp³-hybridized carbons (Fsp3) is 0.545. The van der Waals surface area contributed by atoms with Crippen molar-refractivity contribution in [3.8, 4) is 0 Å². The summed E-state index contributed by atoms with van der Waals surface area (Å²) in [7, 11) is 0. The molecule has 4 nitrogen and oxygen atoms in total. The normalized spacial score (nSPS) is 14.9. The molecule has 0 aromatic carbocycles. The lowest BCUT2D eigenvalue weighted by Gasteiger charge is -2.23. The van der Waals surface area contributed by atoms with E-state index in [2.05, 4.69) is 10.3 Å². The van der Waals surface area contributed by atoms with Crippen molar-refractivity contribution < 1.29 is 5.11 Å². The molecule has 1 heterocycles. The van der Waals surface area contributed by atoms with Crippen molar-refractivity contribution >= 4 is 5.82 Å². The van der Waals surface area contributed by atoms with Crippen molar-refractivity contribution in [1.82, 2.24) is 10.3 Å². The highest BCUT2D eigenvalue weighted by atomic mass is 16.3. The van der Waals surface area contributed by atoms with Crippen molar-refractivity contribution in [2.45, 2.75) is 25.9 Å². The van der Waals surface area contributed by atoms with Gasteiger partial charge in [-0.05, 0) is 25.1 Å². The van der Waals surface area contributed by atoms with Gasteiger partial charge in [-0.3, -0.25) is 0 Å². The first-order valence-corrected chi connectivity index (χ1v) is 5.17. The van der Waals surface area contributed by atoms with Crippen molar-refractivity contribution in [1.29, 1.82) is 0 Å². The predicted molar refractivity (Wildman–Crippen MR) is 61.5 cm³/mol. The van der Waals surface area contributed by atoms with E-state index in [4.69, 9.17) is 5.73 Å². The molecule has 0 saturated heterocycles. The number of nitrogen functional groups attached to an aromatic ring is 1. The Bertz CT molecular complexity index is 312. The van der Waals surface area contributed by atoms with E-state index in [9.17, 15) is 5.11 Å². The number of aliphatic hydroxyl groups is 1. The third-order valence-electron chi connectivity index (χ3n) is 2.25. The summed E-state index contributed by atoms with van der Waals surface area (Å²) in [6, 6.07) is 3.72. The van der Waals surface area contributed by atoms with Crippen LogP contribution in [-0.4, -0.2) is 28.8 Å². The zero-order valence-corrected chi connectivity index (χ0v) is 9.33. The van der Waals surface area contributed by atoms with Crippen LogP contribution in [0.5, 0.6) is 0 Å². The quantitative estimate of drug-likeness (QED) is 0.663. The Kier molecular flexibility index (Phi) is 4.05. The molecular weight excluding hydrogens is 190 g/mol. The molecule has 0 aliphatic rings. The molecule has 0 aliphatic heterocycles. The highest BCUT2D eigenvalue weighted by Crippen LogP contribution is 2.16. The first-order chi connectivity index (χ1) is 7.05. The van der Waals surface area contributed by atoms with Gasteiger partial charge in [-0.1, -0.05) is 13.0 Å². The molecule has 1 atom stereocenters. The maximum absolute atomic E-state index is 10.1. The summed E-state index contributed by atoms with van der Waals surface area (Å²) < 4.78 is 0. The van der Waals surface area contributed by atoms with Gasteiger partial charge in [0.1, 0.15) is 5.82 Å². The minimum atomic E-state index is -0.785. The lowest BCUT2D eigenvalue weighted by atomic mass is 9.97. The van der Waals surface area contributed by atoms with E-state index >= 15 is 0 Å². The van der Waals surface area contributed by atoms with E-state index in [0.29, 0.717) is 18.8 Å². The molecule has 4 heteroatoms. The molecule has 4 N–H and O–H groups in total. The minimum absolute atomic E-state index is 0.495. The zero-order chi connectivity index (χ0) is 11.3. The van der Waals surface area contributed by atoms with Crippen LogP contribution in [-0.2, 0) is 6.42 Å². The largest absolute Gasteiger partial charge is 0.389 e. The van der Waals surface area contributed by atoms with E-state index < -0.39 is 5.60 Å². The highest BCUT2D eigenvalue weighted by molar-refractivity contribution is 5.39. The molecule has 1 unspecified atom stereocenters. The monoisotopic (exact) mass is 209 g/mol. The van der Waals surface area contributed by atoms with Crippen LogP contribution in [0.25, 0.3) is 0 Å². The van der Waals surface area contributed by atoms with Crippen molar-refractivity contribution in [2.75, 3.05) is 18.8 Å². The molecule has 84 valence electrons. The van der Waals surface area contributed by atoms with Gasteiger partial charge in [0.15, 0.2) is 0 Å². The SMILES string of the molecule is CCNCC(C)(O)Cc1cccnc1N. The lowest BCUT2D eigenvalue weighted by Crippen LogP contribution is -2.39. The van der Waals surface area contributed by atoms with E-state index in [1.54, 1.807) is 13.1 Å². The summed E-state index contributed by atoms with van der Waals surface area (Å²) in [4.78, 5) is 3.99. The first-order valence-electron chi connectivity index (χ1n) is 5.17. The molecule has 1 rings (SSSR count). The van der Waals surface area contributed by atoms with Gasteiger partial charge in [0.2, 0.25) is 0 Å². The molecule has 0 fully saturated rings. The van der Waals surface area contributed by atoms with Crippen molar-refractivity contribution in [3.63, 3.8) is 0 Å². The number of likely N-dealkylation sites (N-methyl/N-ethyl adjacent to an activating group) is 1. The summed E-state index contributed by atoms with van der Waals surface area (Å²) in [6.45, 7) is 5.20. The molecule has 15 heavy (non-hydrogen) atoms. The van der Waals surface area contributed by atoms with E-state index in [1.807, 2.05) is 19.1 Å². The highest BCUT2D eigenvalue weighted by Gasteiger charge is 2.21. The smallest absolute Gasteiger partial charge is 0.126 e. The number of rotatable bonds is 5. The van der Waals surface area contributed by atoms with Crippen LogP contribution in [0.15, 0.2) is 18.3 Å². The Hall–Kier alpha value is -1.13. The van der Waals surface area contributed by atoms with E-state index in [-0.39, 0.29) is 0 Å². The van der Waals surface area contributed by atoms with Crippen LogP contribution in [0.3, 0.4) is 0 Å². The number of nitrogens with two attached hydrogens (primary N) is 1. The molecule has 1 aromatic heterocycles. The second kappa shape index (κ2) is 5.09. The Balaban J connectivity index is 2.64. The van der Waals surface area contributed by atoms with Gasteiger partial charge in [0.05, 0.1) is 5.60 Å². The van der Waals surface area contributed by atoms with Gasteiger partial charge in [0, 0.05) is 19.2 Å². The molecule has 0 aliphatic carbocycles. The third-order valence-corrected chi connectivity index (χ3v) is 2.25. The maximum atomic E-state index is 10.1. The Morgan fingerprint density at radius 2 is 2.33 bits per heavy atom. The molecular formula is C11H19N3O. The fourth-order valence-electron chi connectivity index (χ4n) is 1.47. The molecule has 0 radical (unpaired) electrons. The second-order valence-corrected chi connectivity index (χ2v) is 4.00. The molecule has 0 bridgehead atoms. The number of aromatic nitrogens is 1. The number of hydrogen-bond acceptors (Lipinski definition) is 4. The topological polar surface area (TPSA) is 71.2 Å². The summed E-state index contributed by atoms with van der Waals surface area (Å²) in [6.07, 6.45) is 2.16. The van der Waals surface area contributed by atoms with E-state index in [1.165, 1.54) is 0 Å². The third kappa shape index (κ3) is 3.85. The van der Waals surface area contributed by atoms with Gasteiger partial charge >= 0.3 is 0 Å². The minimum Gasteiger partial charge on any atom is -0.389 e. The summed E-state index contributed by atoms with van der Waals surface area (Å²) in [5.74, 6) is 0.495. The maximum Gasteiger partial charge on any atom is 0.126 e. The van der Waals surface area contributed by atoms with Crippen LogP contribution >= 0.6 is 0 Å². The fourth-order valence-corrected chi connectivity index (χ4v) is 1.47. The number of pyridine rings is 1. The summed E-state index contributed by atoms with van der Waals surface area (Å²) >= 11 is 0. The molecule has 0 saturated carbocycles. The standard InChI is InChI=1S/C11H19N3O/c1-3-13-8-11(2,15)7-9-5-4-6-14-10(9)12/h4-6,13,15H,3,7-8H2,1-2H3,(H2,12,14). The molecule has 1 aromatic rings. The van der Waals surface area contributed by atoms with Crippen LogP contribution in [0.4, 0.5) is 5.82 Å². The predicted octanol–water partition coefficient (Wildman–Crippen LogP) is 0.567. The summed E-state index contributed by atoms with van der Waals surface area (Å²) in [5, 5.41) is 13.2. The summed E-state index contributed by atoms with van der Waals surface area (Å²) in [5.41, 5.74) is 5.82. The average molecular weight is 209 g/mol. The number of nitrogens with zero attached hydrogens (tertiary/aromatic N) is 1. The van der Waals surface area contributed by atoms with Gasteiger partial charge in [-0.25, -0.2) is 4.98 Å². The number of hydrogen-bond donors (Lipinski definition) is 3. The lowest BCUT2D eigenvalue weighted by molar-refractivity contribution is 0.0608. The van der Waals surface area contributed by atoms with E-state index in [0.717, 1.165) is 12.1 Å². The Morgan fingerprint density at radius 3 is 2.93 bits per heavy atom. The Morgan fingerprint density at radius 1 is 1.60 bits per heavy atom. The van der Waals surface area contributed by atoms with Crippen LogP contribution in [0, 0.1) is 0 Å². The molecule has 0 spiro atoms. The van der Waals surface area contributed by atoms with Gasteiger partial charge < -0.3 is 16.2 Å². The number of anilines is 1. The van der Waals surface area contributed by atoms with Gasteiger partial charge in [-0.2, -0.15) is 0 Å². The van der Waals surface area contributed by atoms with Crippen molar-refractivity contribution in [2.24, 2.45) is 0 Å². The second-order valence-electron chi connectivity index (χ2n) is 4.00. The Labute approximate surface area is 90.5 Å². The van der Waals surface area contributed by atoms with Crippen LogP contribution < -0.4 is 11.1 Å².